The molecule has 1 aliphatic rings. The summed E-state index contributed by atoms with van der Waals surface area (Å²) >= 11 is 3.10. The van der Waals surface area contributed by atoms with Gasteiger partial charge in [0.25, 0.3) is 5.91 Å². The Bertz CT molecular complexity index is 473. The van der Waals surface area contributed by atoms with E-state index in [0.29, 0.717) is 16.0 Å². The molecule has 0 bridgehead atoms. The van der Waals surface area contributed by atoms with Gasteiger partial charge in [0.05, 0.1) is 4.47 Å². The average Bonchev–Trinajstić information content (AvgIpc) is 2.48. The van der Waals surface area contributed by atoms with E-state index in [4.69, 9.17) is 0 Å². The van der Waals surface area contributed by atoms with Crippen molar-refractivity contribution in [1.29, 1.82) is 0 Å². The summed E-state index contributed by atoms with van der Waals surface area (Å²) in [6.07, 6.45) is 2.02. The summed E-state index contributed by atoms with van der Waals surface area (Å²) in [5.74, 6) is 0.178. The number of likely N-dealkylation sites (tertiary alicyclic amines) is 1. The van der Waals surface area contributed by atoms with E-state index in [1.807, 2.05) is 4.90 Å². The SMILES string of the molecule is CCNCC1CCN(C(=O)c2ccc(Br)c(F)c2)CC1. The number of nitrogens with one attached hydrogen (secondary N) is 1. The molecule has 1 aromatic carbocycles. The maximum Gasteiger partial charge on any atom is 0.253 e. The molecule has 0 spiro atoms. The number of amides is 1. The van der Waals surface area contributed by atoms with E-state index in [2.05, 4.69) is 28.2 Å². The van der Waals surface area contributed by atoms with Crippen LogP contribution in [0.3, 0.4) is 0 Å². The summed E-state index contributed by atoms with van der Waals surface area (Å²) in [7, 11) is 0. The van der Waals surface area contributed by atoms with Crippen LogP contribution >= 0.6 is 15.9 Å². The molecule has 0 aromatic heterocycles. The lowest BCUT2D eigenvalue weighted by Gasteiger charge is -2.32. The maximum absolute atomic E-state index is 13.5. The molecule has 0 aliphatic carbocycles. The van der Waals surface area contributed by atoms with Crippen LogP contribution < -0.4 is 5.32 Å². The molecule has 1 fully saturated rings. The van der Waals surface area contributed by atoms with Crippen molar-refractivity contribution in [3.05, 3.63) is 34.1 Å². The molecular formula is C15H20BrFN2O. The van der Waals surface area contributed by atoms with E-state index in [1.54, 1.807) is 12.1 Å². The number of hydrogen-bond acceptors (Lipinski definition) is 2. The largest absolute Gasteiger partial charge is 0.339 e. The summed E-state index contributed by atoms with van der Waals surface area (Å²) in [6.45, 7) is 5.61. The van der Waals surface area contributed by atoms with Crippen molar-refractivity contribution in [2.45, 2.75) is 19.8 Å². The minimum atomic E-state index is -0.391. The van der Waals surface area contributed by atoms with Crippen LogP contribution in [-0.4, -0.2) is 37.0 Å². The number of halogens is 2. The first-order chi connectivity index (χ1) is 9.61. The summed E-state index contributed by atoms with van der Waals surface area (Å²) in [4.78, 5) is 14.1. The third-order valence-electron chi connectivity index (χ3n) is 3.75. The predicted molar refractivity (Wildman–Crippen MR) is 81.3 cm³/mol. The van der Waals surface area contributed by atoms with Crippen molar-refractivity contribution in [2.75, 3.05) is 26.2 Å². The molecule has 20 heavy (non-hydrogen) atoms. The van der Waals surface area contributed by atoms with Gasteiger partial charge in [0.1, 0.15) is 5.82 Å². The van der Waals surface area contributed by atoms with Crippen LogP contribution in [0.4, 0.5) is 4.39 Å². The van der Waals surface area contributed by atoms with Crippen molar-refractivity contribution < 1.29 is 9.18 Å². The van der Waals surface area contributed by atoms with Crippen LogP contribution in [0.1, 0.15) is 30.1 Å². The molecule has 1 aliphatic heterocycles. The van der Waals surface area contributed by atoms with Crippen LogP contribution in [0.2, 0.25) is 0 Å². The molecule has 0 radical (unpaired) electrons. The number of rotatable bonds is 4. The Labute approximate surface area is 127 Å². The number of carbonyl (C=O) groups excluding carboxylic acids is 1. The van der Waals surface area contributed by atoms with Gasteiger partial charge in [-0.1, -0.05) is 6.92 Å². The molecule has 3 nitrogen and oxygen atoms in total. The van der Waals surface area contributed by atoms with Crippen molar-refractivity contribution in [1.82, 2.24) is 10.2 Å². The van der Waals surface area contributed by atoms with Crippen molar-refractivity contribution in [3.63, 3.8) is 0 Å². The van der Waals surface area contributed by atoms with E-state index < -0.39 is 5.82 Å². The van der Waals surface area contributed by atoms with E-state index in [0.717, 1.165) is 39.0 Å². The first-order valence-electron chi connectivity index (χ1n) is 7.07. The zero-order chi connectivity index (χ0) is 14.5. The van der Waals surface area contributed by atoms with Gasteiger partial charge in [-0.05, 0) is 66.0 Å². The second-order valence-electron chi connectivity index (χ2n) is 5.17. The van der Waals surface area contributed by atoms with Crippen LogP contribution in [0.5, 0.6) is 0 Å². The lowest BCUT2D eigenvalue weighted by atomic mass is 9.96. The van der Waals surface area contributed by atoms with Crippen molar-refractivity contribution in [2.24, 2.45) is 5.92 Å². The maximum atomic E-state index is 13.5. The van der Waals surface area contributed by atoms with E-state index in [9.17, 15) is 9.18 Å². The topological polar surface area (TPSA) is 32.3 Å². The van der Waals surface area contributed by atoms with Gasteiger partial charge in [-0.25, -0.2) is 4.39 Å². The molecule has 0 saturated carbocycles. The molecule has 1 N–H and O–H groups in total. The zero-order valence-corrected chi connectivity index (χ0v) is 13.2. The highest BCUT2D eigenvalue weighted by molar-refractivity contribution is 9.10. The van der Waals surface area contributed by atoms with Gasteiger partial charge in [-0.2, -0.15) is 0 Å². The molecule has 2 rings (SSSR count). The molecule has 0 atom stereocenters. The van der Waals surface area contributed by atoms with Crippen LogP contribution in [0, 0.1) is 11.7 Å². The number of carbonyl (C=O) groups is 1. The molecular weight excluding hydrogens is 323 g/mol. The standard InChI is InChI=1S/C15H20BrFN2O/c1-2-18-10-11-5-7-19(8-6-11)15(20)12-3-4-13(16)14(17)9-12/h3-4,9,11,18H,2,5-8,10H2,1H3. The second kappa shape index (κ2) is 7.18. The zero-order valence-electron chi connectivity index (χ0n) is 11.7. The summed E-state index contributed by atoms with van der Waals surface area (Å²) in [6, 6.07) is 4.55. The monoisotopic (exact) mass is 342 g/mol. The molecule has 5 heteroatoms. The van der Waals surface area contributed by atoms with Gasteiger partial charge in [-0.3, -0.25) is 4.79 Å². The summed E-state index contributed by atoms with van der Waals surface area (Å²) in [5.41, 5.74) is 0.427. The van der Waals surface area contributed by atoms with E-state index in [1.165, 1.54) is 6.07 Å². The second-order valence-corrected chi connectivity index (χ2v) is 6.03. The number of hydrogen-bond donors (Lipinski definition) is 1. The summed E-state index contributed by atoms with van der Waals surface area (Å²) < 4.78 is 13.9. The molecule has 0 unspecified atom stereocenters. The molecule has 1 aromatic rings. The Morgan fingerprint density at radius 2 is 2.15 bits per heavy atom. The quantitative estimate of drug-likeness (QED) is 0.911. The fourth-order valence-corrected chi connectivity index (χ4v) is 2.75. The third kappa shape index (κ3) is 3.79. The Morgan fingerprint density at radius 1 is 1.45 bits per heavy atom. The Kier molecular flexibility index (Phi) is 5.54. The molecule has 1 amide bonds. The molecule has 1 heterocycles. The number of piperidine rings is 1. The van der Waals surface area contributed by atoms with E-state index in [-0.39, 0.29) is 5.91 Å². The van der Waals surface area contributed by atoms with Gasteiger partial charge in [0, 0.05) is 18.7 Å². The smallest absolute Gasteiger partial charge is 0.253 e. The van der Waals surface area contributed by atoms with Crippen molar-refractivity contribution in [3.8, 4) is 0 Å². The highest BCUT2D eigenvalue weighted by Crippen LogP contribution is 2.21. The Balaban J connectivity index is 1.92. The lowest BCUT2D eigenvalue weighted by Crippen LogP contribution is -2.40. The molecule has 110 valence electrons. The number of nitrogens with zero attached hydrogens (tertiary/aromatic N) is 1. The van der Waals surface area contributed by atoms with Gasteiger partial charge < -0.3 is 10.2 Å². The fraction of sp³-hybridized carbons (Fsp3) is 0.533. The van der Waals surface area contributed by atoms with E-state index >= 15 is 0 Å². The first-order valence-corrected chi connectivity index (χ1v) is 7.86. The molecule has 1 saturated heterocycles. The normalized spacial score (nSPS) is 16.4. The Morgan fingerprint density at radius 3 is 2.75 bits per heavy atom. The van der Waals surface area contributed by atoms with Crippen LogP contribution in [-0.2, 0) is 0 Å². The van der Waals surface area contributed by atoms with Gasteiger partial charge in [0.2, 0.25) is 0 Å². The van der Waals surface area contributed by atoms with Gasteiger partial charge in [0.15, 0.2) is 0 Å². The summed E-state index contributed by atoms with van der Waals surface area (Å²) in [5, 5.41) is 3.35. The highest BCUT2D eigenvalue weighted by atomic mass is 79.9. The minimum absolute atomic E-state index is 0.0710. The number of benzene rings is 1. The van der Waals surface area contributed by atoms with Gasteiger partial charge in [-0.15, -0.1) is 0 Å². The van der Waals surface area contributed by atoms with Crippen LogP contribution in [0.15, 0.2) is 22.7 Å². The third-order valence-corrected chi connectivity index (χ3v) is 4.39. The van der Waals surface area contributed by atoms with Crippen molar-refractivity contribution >= 4 is 21.8 Å². The van der Waals surface area contributed by atoms with Gasteiger partial charge >= 0.3 is 0 Å². The first kappa shape index (κ1) is 15.4. The van der Waals surface area contributed by atoms with Crippen LogP contribution in [0.25, 0.3) is 0 Å². The Hall–Kier alpha value is -0.940. The average molecular weight is 343 g/mol. The predicted octanol–water partition coefficient (Wildman–Crippen LogP) is 3.05. The fourth-order valence-electron chi connectivity index (χ4n) is 2.50. The minimum Gasteiger partial charge on any atom is -0.339 e. The lowest BCUT2D eigenvalue weighted by molar-refractivity contribution is 0.0690. The highest BCUT2D eigenvalue weighted by Gasteiger charge is 2.23.